The minimum absolute atomic E-state index is 0.0862. The van der Waals surface area contributed by atoms with E-state index in [0.29, 0.717) is 12.1 Å². The van der Waals surface area contributed by atoms with Crippen LogP contribution in [-0.4, -0.2) is 81.9 Å². The number of aliphatic hydroxyl groups excluding tert-OH is 1. The van der Waals surface area contributed by atoms with Crippen LogP contribution in [0.25, 0.3) is 27.4 Å². The molecule has 332 valence electrons. The van der Waals surface area contributed by atoms with Gasteiger partial charge in [-0.1, -0.05) is 48.5 Å². The van der Waals surface area contributed by atoms with Gasteiger partial charge < -0.3 is 10.4 Å². The molecule has 2 aliphatic rings. The minimum atomic E-state index is -5.41. The highest BCUT2D eigenvalue weighted by Crippen LogP contribution is 2.35. The van der Waals surface area contributed by atoms with Crippen molar-refractivity contribution in [3.05, 3.63) is 144 Å². The Kier molecular flexibility index (Phi) is 11.5. The molecule has 0 saturated carbocycles. The number of ketones is 1. The third-order valence-electron chi connectivity index (χ3n) is 9.91. The minimum Gasteiger partial charge on any atom is -0.506 e. The molecule has 0 spiro atoms. The van der Waals surface area contributed by atoms with E-state index in [1.165, 1.54) is 36.4 Å². The van der Waals surface area contributed by atoms with E-state index in [4.69, 9.17) is 0 Å². The van der Waals surface area contributed by atoms with Gasteiger partial charge in [0.2, 0.25) is 0 Å². The lowest BCUT2D eigenvalue weighted by Gasteiger charge is -2.17. The predicted molar refractivity (Wildman–Crippen MR) is 226 cm³/mol. The van der Waals surface area contributed by atoms with Gasteiger partial charge in [0.25, 0.3) is 46.0 Å². The number of Topliss-reactive ketones (excluding diaryl/α,β-unsaturated/α-hetero) is 1. The number of fused-ring (bicyclic) bond motifs is 2. The van der Waals surface area contributed by atoms with Crippen molar-refractivity contribution in [2.45, 2.75) is 37.3 Å². The Hall–Kier alpha value is -6.29. The highest BCUT2D eigenvalue weighted by molar-refractivity contribution is 7.91. The summed E-state index contributed by atoms with van der Waals surface area (Å²) in [6.07, 6.45) is -0.820. The van der Waals surface area contributed by atoms with Crippen LogP contribution in [0.2, 0.25) is 0 Å². The first kappa shape index (κ1) is 45.7. The van der Waals surface area contributed by atoms with Crippen molar-refractivity contribution < 1.29 is 70.2 Å². The topological polar surface area (TPSA) is 348 Å². The maximum absolute atomic E-state index is 14.4. The zero-order valence-corrected chi connectivity index (χ0v) is 36.0. The lowest BCUT2D eigenvalue weighted by atomic mass is 9.96. The Bertz CT molecular complexity index is 4000. The fourth-order valence-corrected chi connectivity index (χ4v) is 10.9. The maximum Gasteiger partial charge on any atom is 0.296 e. The van der Waals surface area contributed by atoms with Crippen LogP contribution in [0.5, 0.6) is 0 Å². The molecule has 1 aliphatic heterocycles. The number of hydrogen-bond acceptors (Lipinski definition) is 16. The van der Waals surface area contributed by atoms with Gasteiger partial charge in [-0.25, -0.2) is 13.4 Å². The molecule has 5 aromatic carbocycles. The first-order chi connectivity index (χ1) is 29.7. The van der Waals surface area contributed by atoms with Crippen molar-refractivity contribution in [1.29, 1.82) is 0 Å². The second-order valence-corrected chi connectivity index (χ2v) is 21.7. The van der Waals surface area contributed by atoms with Gasteiger partial charge >= 0.3 is 0 Å². The predicted octanol–water partition coefficient (Wildman–Crippen LogP) is 2.87. The molecule has 25 heteroatoms. The molecule has 0 fully saturated rings. The van der Waals surface area contributed by atoms with Crippen molar-refractivity contribution in [3.8, 4) is 0 Å². The molecule has 5 aromatic rings. The Labute approximate surface area is 361 Å². The van der Waals surface area contributed by atoms with E-state index in [-0.39, 0.29) is 33.5 Å². The van der Waals surface area contributed by atoms with Crippen molar-refractivity contribution in [1.82, 2.24) is 4.98 Å². The van der Waals surface area contributed by atoms with Gasteiger partial charge in [-0.15, -0.1) is 0 Å². The summed E-state index contributed by atoms with van der Waals surface area (Å²) < 4.78 is 165. The number of anilines is 2. The summed E-state index contributed by atoms with van der Waals surface area (Å²) in [6.45, 7) is 0. The molecule has 64 heavy (non-hydrogen) atoms. The van der Waals surface area contributed by atoms with E-state index in [0.717, 1.165) is 48.5 Å². The van der Waals surface area contributed by atoms with Gasteiger partial charge in [-0.2, -0.15) is 33.7 Å². The molecular formula is C39H28N2O18S5. The maximum atomic E-state index is 14.4. The van der Waals surface area contributed by atoms with Gasteiger partial charge in [0.05, 0.1) is 47.9 Å². The number of nitrogens with one attached hydrogen (secondary N) is 1. The van der Waals surface area contributed by atoms with Crippen LogP contribution < -0.4 is 21.5 Å². The Balaban J connectivity index is 1.42. The van der Waals surface area contributed by atoms with E-state index < -0.39 is 142 Å². The molecule has 0 amide bonds. The summed E-state index contributed by atoms with van der Waals surface area (Å²) in [5, 5.41) is 11.8. The summed E-state index contributed by atoms with van der Waals surface area (Å²) in [7, 11) is -24.8. The first-order valence-electron chi connectivity index (χ1n) is 17.9. The number of benzene rings is 5. The van der Waals surface area contributed by atoms with E-state index in [1.807, 2.05) is 0 Å². The Morgan fingerprint density at radius 1 is 0.578 bits per heavy atom. The Morgan fingerprint density at radius 3 is 1.75 bits per heavy atom. The number of aromatic nitrogens is 1. The molecule has 0 atom stereocenters. The van der Waals surface area contributed by atoms with E-state index in [9.17, 15) is 79.8 Å². The number of carbonyl (C=O) groups excluding carboxylic acids is 1. The van der Waals surface area contributed by atoms with Crippen LogP contribution in [0, 0.1) is 10.4 Å². The molecule has 6 N–H and O–H groups in total. The van der Waals surface area contributed by atoms with E-state index >= 15 is 0 Å². The second kappa shape index (κ2) is 16.1. The van der Waals surface area contributed by atoms with Crippen LogP contribution in [0.15, 0.2) is 131 Å². The molecule has 1 aliphatic carbocycles. The highest BCUT2D eigenvalue weighted by Gasteiger charge is 2.28. The molecule has 0 aromatic heterocycles. The van der Waals surface area contributed by atoms with Crippen LogP contribution >= 0.6 is 0 Å². The van der Waals surface area contributed by atoms with E-state index in [1.54, 1.807) is 0 Å². The second-order valence-electron chi connectivity index (χ2n) is 14.0. The quantitative estimate of drug-likeness (QED) is 0.0714. The third-order valence-corrected chi connectivity index (χ3v) is 15.2. The van der Waals surface area contributed by atoms with Gasteiger partial charge in [0, 0.05) is 33.4 Å². The van der Waals surface area contributed by atoms with Crippen molar-refractivity contribution in [3.63, 3.8) is 0 Å². The normalized spacial score (nSPS) is 13.4. The number of hydrogen-bond donors (Lipinski definition) is 6. The van der Waals surface area contributed by atoms with Crippen molar-refractivity contribution in [2.24, 2.45) is 0 Å². The van der Waals surface area contributed by atoms with E-state index in [2.05, 4.69) is 10.3 Å². The third kappa shape index (κ3) is 8.67. The number of aliphatic hydroxyl groups is 1. The average Bonchev–Trinajstić information content (AvgIpc) is 3.21. The van der Waals surface area contributed by atoms with Crippen LogP contribution in [0.3, 0.4) is 0 Å². The molecule has 0 saturated heterocycles. The van der Waals surface area contributed by atoms with Crippen molar-refractivity contribution in [2.75, 3.05) is 11.1 Å². The van der Waals surface area contributed by atoms with Gasteiger partial charge in [-0.3, -0.25) is 32.6 Å². The smallest absolute Gasteiger partial charge is 0.296 e. The standard InChI is InChI=1S/C39H28N2O18S5/c42-29(20-6-3-8-23(16-20)61(48,49)50)12-5-15-60(46,47)22-13-14-27(30(18-22)63(54,55)56)40-28-19-31(64(57,58)59)36-34-32(25-10-1-2-11-26(25)38(44)33(28)34)35(39(45)41-36)37(43)21-7-4-9-24(17-21)62(51,52)53/h1-4,6-11,13-14,16-19,40,43H,5,12,15H2,(H,48,49,50)(H,51,52,53)(H,54,55,56)(H,57,58,59). The summed E-state index contributed by atoms with van der Waals surface area (Å²) in [5.41, 5.74) is -4.84. The molecule has 7 rings (SSSR count). The Morgan fingerprint density at radius 2 is 1.16 bits per heavy atom. The lowest BCUT2D eigenvalue weighted by molar-refractivity contribution is 0.0981. The number of carbonyl (C=O) groups is 1. The monoisotopic (exact) mass is 972 g/mol. The molecular weight excluding hydrogens is 945 g/mol. The zero-order chi connectivity index (χ0) is 46.9. The summed E-state index contributed by atoms with van der Waals surface area (Å²) in [5.74, 6) is -2.43. The number of rotatable bonds is 13. The average molecular weight is 973 g/mol. The summed E-state index contributed by atoms with van der Waals surface area (Å²) >= 11 is 0. The van der Waals surface area contributed by atoms with Gasteiger partial charge in [-0.05, 0) is 60.3 Å². The largest absolute Gasteiger partial charge is 0.506 e. The van der Waals surface area contributed by atoms with Gasteiger partial charge in [0.1, 0.15) is 15.6 Å². The van der Waals surface area contributed by atoms with Gasteiger partial charge in [0.15, 0.2) is 21.0 Å². The summed E-state index contributed by atoms with van der Waals surface area (Å²) in [4.78, 5) is 40.5. The first-order valence-corrected chi connectivity index (χ1v) is 25.3. The zero-order valence-electron chi connectivity index (χ0n) is 31.9. The molecule has 20 nitrogen and oxygen atoms in total. The fraction of sp³-hybridized carbons (Fsp3) is 0.0769. The highest BCUT2D eigenvalue weighted by atomic mass is 32.2. The molecule has 1 heterocycles. The molecule has 0 unspecified atom stereocenters. The molecule has 0 bridgehead atoms. The van der Waals surface area contributed by atoms with Crippen LogP contribution in [-0.2, 0) is 50.3 Å². The van der Waals surface area contributed by atoms with Crippen molar-refractivity contribution >= 4 is 94.9 Å². The number of nitrogens with zero attached hydrogens (tertiary/aromatic N) is 1. The number of sulfone groups is 1. The fourth-order valence-electron chi connectivity index (χ4n) is 7.07. The van der Waals surface area contributed by atoms with Crippen LogP contribution in [0.1, 0.15) is 28.8 Å². The lowest BCUT2D eigenvalue weighted by Crippen LogP contribution is -2.33. The molecule has 0 radical (unpaired) electrons. The summed E-state index contributed by atoms with van der Waals surface area (Å²) in [6, 6.07) is 16.7. The van der Waals surface area contributed by atoms with Crippen LogP contribution in [0.4, 0.5) is 11.4 Å². The SMILES string of the molecule is O=C(CCCS(=O)(=O)c1ccc(Nc2cc(S(=O)(=O)O)c3nc(=O)c(=C(O)c4cccc(S(=O)(=O)O)c4)c4c5ccccc5c(=O)c2c3=4)c(S(=O)(=O)O)c1)c1cccc(S(=O)(=O)O)c1.